The van der Waals surface area contributed by atoms with Crippen LogP contribution in [0.15, 0.2) is 12.7 Å². The lowest BCUT2D eigenvalue weighted by atomic mass is 10.1. The summed E-state index contributed by atoms with van der Waals surface area (Å²) in [5.74, 6) is -0.466. The zero-order chi connectivity index (χ0) is 17.2. The van der Waals surface area contributed by atoms with Crippen molar-refractivity contribution in [1.29, 1.82) is 0 Å². The van der Waals surface area contributed by atoms with Gasteiger partial charge in [-0.1, -0.05) is 13.5 Å². The Balaban J connectivity index is 4.22. The van der Waals surface area contributed by atoms with E-state index in [1.165, 1.54) is 11.0 Å². The Hall–Kier alpha value is -0.920. The monoisotopic (exact) mass is 334 g/mol. The molecule has 0 aromatic heterocycles. The normalized spacial score (nSPS) is 15.8. The molecule has 0 bridgehead atoms. The van der Waals surface area contributed by atoms with Crippen LogP contribution in [-0.4, -0.2) is 49.8 Å². The highest BCUT2D eigenvalue weighted by molar-refractivity contribution is 7.85. The van der Waals surface area contributed by atoms with E-state index in [9.17, 15) is 17.8 Å². The van der Waals surface area contributed by atoms with E-state index < -0.39 is 10.1 Å². The molecule has 22 heavy (non-hydrogen) atoms. The maximum absolute atomic E-state index is 11.2. The molecular weight excluding hydrogens is 304 g/mol. The molecule has 0 fully saturated rings. The maximum atomic E-state index is 11.2. The molecule has 0 rings (SSSR count). The van der Waals surface area contributed by atoms with Crippen LogP contribution >= 0.6 is 0 Å². The first-order valence-corrected chi connectivity index (χ1v) is 9.48. The molecule has 6 nitrogen and oxygen atoms in total. The topological polar surface area (TPSA) is 90.7 Å². The molecule has 7 heteroatoms. The molecule has 0 aromatic carbocycles. The Kier molecular flexibility index (Phi) is 10.3. The summed E-state index contributed by atoms with van der Waals surface area (Å²) in [6.45, 7) is 11.3. The highest BCUT2D eigenvalue weighted by Gasteiger charge is 2.17. The minimum Gasteiger partial charge on any atom is -0.748 e. The van der Waals surface area contributed by atoms with Gasteiger partial charge in [0.25, 0.3) is 0 Å². The third-order valence-electron chi connectivity index (χ3n) is 3.78. The summed E-state index contributed by atoms with van der Waals surface area (Å²) in [7, 11) is -4.14. The molecule has 0 saturated heterocycles. The Bertz CT molecular complexity index is 437. The zero-order valence-corrected chi connectivity index (χ0v) is 14.7. The summed E-state index contributed by atoms with van der Waals surface area (Å²) < 4.78 is 32.2. The number of nitrogens with one attached hydrogen (secondary N) is 2. The number of hydrogen-bond donors (Lipinski definition) is 2. The molecule has 0 aliphatic rings. The SMILES string of the molecule is C=CC(=O)NC(C)CCC[NH+](CCC)C(C)CCS(=O)(=O)[O-]. The van der Waals surface area contributed by atoms with Crippen LogP contribution in [-0.2, 0) is 14.9 Å². The van der Waals surface area contributed by atoms with Crippen LogP contribution in [0.4, 0.5) is 0 Å². The number of carbonyl (C=O) groups excluding carboxylic acids is 1. The van der Waals surface area contributed by atoms with Crippen molar-refractivity contribution in [2.75, 3.05) is 18.8 Å². The van der Waals surface area contributed by atoms with Crippen molar-refractivity contribution in [1.82, 2.24) is 5.32 Å². The Morgan fingerprint density at radius 2 is 1.95 bits per heavy atom. The minimum absolute atomic E-state index is 0.0886. The Morgan fingerprint density at radius 3 is 2.45 bits per heavy atom. The summed E-state index contributed by atoms with van der Waals surface area (Å²) in [5, 5.41) is 2.82. The van der Waals surface area contributed by atoms with Gasteiger partial charge in [-0.3, -0.25) is 4.79 Å². The van der Waals surface area contributed by atoms with Gasteiger partial charge < -0.3 is 14.8 Å². The van der Waals surface area contributed by atoms with Crippen LogP contribution in [0.1, 0.15) is 46.5 Å². The molecule has 1 amide bonds. The van der Waals surface area contributed by atoms with Crippen molar-refractivity contribution < 1.29 is 22.7 Å². The highest BCUT2D eigenvalue weighted by Crippen LogP contribution is 1.96. The van der Waals surface area contributed by atoms with E-state index in [1.54, 1.807) is 0 Å². The van der Waals surface area contributed by atoms with Crippen LogP contribution in [0.25, 0.3) is 0 Å². The van der Waals surface area contributed by atoms with Crippen LogP contribution in [0.3, 0.4) is 0 Å². The third kappa shape index (κ3) is 10.8. The van der Waals surface area contributed by atoms with E-state index in [-0.39, 0.29) is 23.7 Å². The van der Waals surface area contributed by atoms with Crippen molar-refractivity contribution in [2.45, 2.75) is 58.5 Å². The molecule has 2 N–H and O–H groups in total. The summed E-state index contributed by atoms with van der Waals surface area (Å²) >= 11 is 0. The minimum atomic E-state index is -4.14. The van der Waals surface area contributed by atoms with Crippen molar-refractivity contribution in [2.24, 2.45) is 0 Å². The molecule has 0 radical (unpaired) electrons. The standard InChI is InChI=1S/C15H30N2O4S/c1-5-10-17(14(4)9-12-22(19,20)21)11-7-8-13(3)16-15(18)6-2/h6,13-14H,2,5,7-12H2,1,3-4H3,(H,16,18)(H,19,20,21). The van der Waals surface area contributed by atoms with E-state index in [1.807, 2.05) is 13.8 Å². The van der Waals surface area contributed by atoms with Gasteiger partial charge in [0.2, 0.25) is 5.91 Å². The molecule has 0 saturated carbocycles. The highest BCUT2D eigenvalue weighted by atomic mass is 32.2. The molecular formula is C15H30N2O4S. The summed E-state index contributed by atoms with van der Waals surface area (Å²) in [6, 6.07) is 0.229. The first kappa shape index (κ1) is 21.1. The first-order valence-electron chi connectivity index (χ1n) is 7.90. The summed E-state index contributed by atoms with van der Waals surface area (Å²) in [6.07, 6.45) is 4.45. The van der Waals surface area contributed by atoms with Gasteiger partial charge in [0.15, 0.2) is 0 Å². The Morgan fingerprint density at radius 1 is 1.32 bits per heavy atom. The molecule has 0 aliphatic heterocycles. The van der Waals surface area contributed by atoms with Gasteiger partial charge in [-0.15, -0.1) is 0 Å². The van der Waals surface area contributed by atoms with E-state index >= 15 is 0 Å². The fourth-order valence-electron chi connectivity index (χ4n) is 2.47. The smallest absolute Gasteiger partial charge is 0.243 e. The predicted molar refractivity (Wildman–Crippen MR) is 86.7 cm³/mol. The average Bonchev–Trinajstić information content (AvgIpc) is 2.42. The second-order valence-electron chi connectivity index (χ2n) is 5.87. The first-order chi connectivity index (χ1) is 10.2. The van der Waals surface area contributed by atoms with Crippen LogP contribution in [0, 0.1) is 0 Å². The maximum Gasteiger partial charge on any atom is 0.243 e. The van der Waals surface area contributed by atoms with Gasteiger partial charge in [-0.05, 0) is 39.2 Å². The van der Waals surface area contributed by atoms with E-state index in [0.717, 1.165) is 32.4 Å². The van der Waals surface area contributed by atoms with Gasteiger partial charge >= 0.3 is 0 Å². The molecule has 130 valence electrons. The van der Waals surface area contributed by atoms with Gasteiger partial charge in [0.05, 0.1) is 29.2 Å². The summed E-state index contributed by atoms with van der Waals surface area (Å²) in [5.41, 5.74) is 0. The van der Waals surface area contributed by atoms with Crippen molar-refractivity contribution in [3.8, 4) is 0 Å². The van der Waals surface area contributed by atoms with Crippen molar-refractivity contribution in [3.63, 3.8) is 0 Å². The number of quaternary nitrogens is 1. The van der Waals surface area contributed by atoms with E-state index in [4.69, 9.17) is 0 Å². The van der Waals surface area contributed by atoms with Crippen LogP contribution in [0.5, 0.6) is 0 Å². The molecule has 0 aromatic rings. The van der Waals surface area contributed by atoms with Gasteiger partial charge in [0.1, 0.15) is 0 Å². The number of carbonyl (C=O) groups is 1. The van der Waals surface area contributed by atoms with Gasteiger partial charge in [-0.25, -0.2) is 8.42 Å². The fraction of sp³-hybridized carbons (Fsp3) is 0.800. The number of hydrogen-bond acceptors (Lipinski definition) is 4. The number of amides is 1. The largest absolute Gasteiger partial charge is 0.748 e. The van der Waals surface area contributed by atoms with Crippen molar-refractivity contribution >= 4 is 16.0 Å². The van der Waals surface area contributed by atoms with Crippen molar-refractivity contribution in [3.05, 3.63) is 12.7 Å². The van der Waals surface area contributed by atoms with Crippen LogP contribution in [0.2, 0.25) is 0 Å². The van der Waals surface area contributed by atoms with E-state index in [0.29, 0.717) is 6.42 Å². The van der Waals surface area contributed by atoms with E-state index in [2.05, 4.69) is 18.8 Å². The zero-order valence-electron chi connectivity index (χ0n) is 13.9. The predicted octanol–water partition coefficient (Wildman–Crippen LogP) is 0.0760. The third-order valence-corrected chi connectivity index (χ3v) is 4.51. The molecule has 0 spiro atoms. The quantitative estimate of drug-likeness (QED) is 0.390. The lowest BCUT2D eigenvalue weighted by Crippen LogP contribution is -3.15. The second-order valence-corrected chi connectivity index (χ2v) is 7.39. The van der Waals surface area contributed by atoms with Crippen LogP contribution < -0.4 is 10.2 Å². The summed E-state index contributed by atoms with van der Waals surface area (Å²) in [4.78, 5) is 12.5. The lowest BCUT2D eigenvalue weighted by Gasteiger charge is -2.26. The Labute approximate surface area is 134 Å². The van der Waals surface area contributed by atoms with Gasteiger partial charge in [0, 0.05) is 18.2 Å². The second kappa shape index (κ2) is 10.7. The molecule has 0 heterocycles. The molecule has 3 unspecified atom stereocenters. The van der Waals surface area contributed by atoms with Gasteiger partial charge in [-0.2, -0.15) is 0 Å². The molecule has 3 atom stereocenters. The lowest BCUT2D eigenvalue weighted by molar-refractivity contribution is -0.923. The average molecular weight is 334 g/mol. The number of rotatable bonds is 12. The fourth-order valence-corrected chi connectivity index (χ4v) is 3.12. The molecule has 0 aliphatic carbocycles.